The van der Waals surface area contributed by atoms with Crippen LogP contribution >= 0.6 is 0 Å². The highest BCUT2D eigenvalue weighted by Crippen LogP contribution is 2.29. The zero-order valence-electron chi connectivity index (χ0n) is 22.4. The number of carbonyl (C=O) groups excluding carboxylic acids is 2. The lowest BCUT2D eigenvalue weighted by molar-refractivity contribution is 0.0635. The Morgan fingerprint density at radius 1 is 1.00 bits per heavy atom. The summed E-state index contributed by atoms with van der Waals surface area (Å²) < 4.78 is 7.21. The van der Waals surface area contributed by atoms with Gasteiger partial charge in [-0.1, -0.05) is 24.3 Å². The van der Waals surface area contributed by atoms with Crippen LogP contribution in [0.3, 0.4) is 0 Å². The highest BCUT2D eigenvalue weighted by Gasteiger charge is 2.22. The lowest BCUT2D eigenvalue weighted by atomic mass is 9.89. The van der Waals surface area contributed by atoms with Crippen LogP contribution in [-0.2, 0) is 18.3 Å². The molecule has 4 rings (SSSR count). The number of para-hydroxylation sites is 2. The van der Waals surface area contributed by atoms with Crippen molar-refractivity contribution in [1.29, 1.82) is 0 Å². The Morgan fingerprint density at radius 2 is 1.62 bits per heavy atom. The largest absolute Gasteiger partial charge is 0.444 e. The normalized spacial score (nSPS) is 14.8. The fraction of sp³-hybridized carbons (Fsp3) is 0.414. The molecule has 2 aromatic carbocycles. The SMILES string of the molecule is Cc1nn(C)cc1CN1CCC(c2ccc(C(=O)Nc3ccccc3NC(=O)OC(C)(C)C)cc2)CC1. The van der Waals surface area contributed by atoms with Crippen LogP contribution in [0.5, 0.6) is 0 Å². The summed E-state index contributed by atoms with van der Waals surface area (Å²) in [5, 5.41) is 10.1. The van der Waals surface area contributed by atoms with Gasteiger partial charge in [-0.15, -0.1) is 0 Å². The van der Waals surface area contributed by atoms with Crippen LogP contribution in [0.25, 0.3) is 0 Å². The van der Waals surface area contributed by atoms with Gasteiger partial charge in [0, 0.05) is 30.9 Å². The molecule has 1 fully saturated rings. The molecule has 1 aromatic heterocycles. The predicted molar refractivity (Wildman–Crippen MR) is 146 cm³/mol. The molecule has 1 aliphatic rings. The second-order valence-corrected chi connectivity index (χ2v) is 10.7. The van der Waals surface area contributed by atoms with Gasteiger partial charge < -0.3 is 10.1 Å². The van der Waals surface area contributed by atoms with Crippen LogP contribution in [0.1, 0.15) is 66.7 Å². The van der Waals surface area contributed by atoms with E-state index in [-0.39, 0.29) is 5.91 Å². The number of rotatable bonds is 6. The summed E-state index contributed by atoms with van der Waals surface area (Å²) in [5.74, 6) is 0.258. The maximum atomic E-state index is 12.9. The zero-order chi connectivity index (χ0) is 26.6. The maximum Gasteiger partial charge on any atom is 0.412 e. The molecule has 0 aliphatic carbocycles. The summed E-state index contributed by atoms with van der Waals surface area (Å²) in [6.45, 7) is 10.5. The average Bonchev–Trinajstić information content (AvgIpc) is 3.16. The molecule has 2 heterocycles. The fourth-order valence-electron chi connectivity index (χ4n) is 4.69. The van der Waals surface area contributed by atoms with Gasteiger partial charge in [0.25, 0.3) is 5.91 Å². The van der Waals surface area contributed by atoms with Gasteiger partial charge in [-0.3, -0.25) is 19.7 Å². The number of aromatic nitrogens is 2. The molecule has 2 amide bonds. The van der Waals surface area contributed by atoms with Gasteiger partial charge in [0.15, 0.2) is 0 Å². The number of hydrogen-bond donors (Lipinski definition) is 2. The number of ether oxygens (including phenoxy) is 1. The van der Waals surface area contributed by atoms with Gasteiger partial charge >= 0.3 is 6.09 Å². The molecule has 2 N–H and O–H groups in total. The third-order valence-corrected chi connectivity index (χ3v) is 6.55. The van der Waals surface area contributed by atoms with Crippen LogP contribution in [0.4, 0.5) is 16.2 Å². The number of hydrogen-bond acceptors (Lipinski definition) is 5. The second-order valence-electron chi connectivity index (χ2n) is 10.7. The van der Waals surface area contributed by atoms with Gasteiger partial charge in [-0.2, -0.15) is 5.10 Å². The number of amides is 2. The average molecular weight is 504 g/mol. The van der Waals surface area contributed by atoms with E-state index in [4.69, 9.17) is 4.74 Å². The number of carbonyl (C=O) groups is 2. The lowest BCUT2D eigenvalue weighted by Gasteiger charge is -2.32. The van der Waals surface area contributed by atoms with Crippen molar-refractivity contribution in [3.63, 3.8) is 0 Å². The van der Waals surface area contributed by atoms with Crippen LogP contribution in [0, 0.1) is 6.92 Å². The van der Waals surface area contributed by atoms with Crippen molar-refractivity contribution in [1.82, 2.24) is 14.7 Å². The van der Waals surface area contributed by atoms with E-state index in [1.54, 1.807) is 45.0 Å². The molecule has 0 bridgehead atoms. The zero-order valence-corrected chi connectivity index (χ0v) is 22.4. The van der Waals surface area contributed by atoms with E-state index in [0.29, 0.717) is 22.9 Å². The molecule has 1 saturated heterocycles. The standard InChI is InChI=1S/C29H37N5O3/c1-20-24(18-33(5)32-20)19-34-16-14-22(15-17-34)21-10-12-23(13-11-21)27(35)30-25-8-6-7-9-26(25)31-28(36)37-29(2,3)4/h6-13,18,22H,14-17,19H2,1-5H3,(H,30,35)(H,31,36). The molecule has 0 unspecified atom stereocenters. The molecule has 3 aromatic rings. The van der Waals surface area contributed by atoms with Crippen LogP contribution in [0.2, 0.25) is 0 Å². The third kappa shape index (κ3) is 7.20. The molecule has 8 nitrogen and oxygen atoms in total. The molecular formula is C29H37N5O3. The fourth-order valence-corrected chi connectivity index (χ4v) is 4.69. The highest BCUT2D eigenvalue weighted by molar-refractivity contribution is 6.06. The second kappa shape index (κ2) is 11.2. The maximum absolute atomic E-state index is 12.9. The van der Waals surface area contributed by atoms with Crippen molar-refractivity contribution in [3.05, 3.63) is 77.1 Å². The summed E-state index contributed by atoms with van der Waals surface area (Å²) in [6, 6.07) is 14.9. The van der Waals surface area contributed by atoms with Crippen LogP contribution in [-0.4, -0.2) is 45.4 Å². The molecule has 0 saturated carbocycles. The van der Waals surface area contributed by atoms with E-state index in [1.807, 2.05) is 23.9 Å². The van der Waals surface area contributed by atoms with Crippen molar-refractivity contribution in [2.24, 2.45) is 7.05 Å². The van der Waals surface area contributed by atoms with Crippen LogP contribution < -0.4 is 10.6 Å². The summed E-state index contributed by atoms with van der Waals surface area (Å²) in [6.07, 6.45) is 3.72. The van der Waals surface area contributed by atoms with Gasteiger partial charge in [-0.05, 0) is 89.4 Å². The number of benzene rings is 2. The summed E-state index contributed by atoms with van der Waals surface area (Å²) >= 11 is 0. The predicted octanol–water partition coefficient (Wildman–Crippen LogP) is 5.71. The minimum atomic E-state index is -0.612. The Bertz CT molecular complexity index is 1240. The minimum absolute atomic E-state index is 0.230. The Balaban J connectivity index is 1.33. The first-order valence-corrected chi connectivity index (χ1v) is 12.8. The highest BCUT2D eigenvalue weighted by atomic mass is 16.6. The van der Waals surface area contributed by atoms with Gasteiger partial charge in [0.1, 0.15) is 5.60 Å². The molecular weight excluding hydrogens is 466 g/mol. The number of piperidine rings is 1. The number of aryl methyl sites for hydroxylation is 2. The number of likely N-dealkylation sites (tertiary alicyclic amines) is 1. The summed E-state index contributed by atoms with van der Waals surface area (Å²) in [5.41, 5.74) is 4.61. The number of nitrogens with zero attached hydrogens (tertiary/aromatic N) is 3. The van der Waals surface area contributed by atoms with Crippen LogP contribution in [0.15, 0.2) is 54.7 Å². The van der Waals surface area contributed by atoms with Crippen molar-refractivity contribution >= 4 is 23.4 Å². The quantitative estimate of drug-likeness (QED) is 0.450. The summed E-state index contributed by atoms with van der Waals surface area (Å²) in [7, 11) is 1.96. The first-order valence-electron chi connectivity index (χ1n) is 12.8. The third-order valence-electron chi connectivity index (χ3n) is 6.55. The van der Waals surface area contributed by atoms with E-state index >= 15 is 0 Å². The van der Waals surface area contributed by atoms with Crippen molar-refractivity contribution in [3.8, 4) is 0 Å². The Kier molecular flexibility index (Phi) is 7.97. The lowest BCUT2D eigenvalue weighted by Crippen LogP contribution is -2.32. The molecule has 0 radical (unpaired) electrons. The van der Waals surface area contributed by atoms with E-state index in [0.717, 1.165) is 38.2 Å². The monoisotopic (exact) mass is 503 g/mol. The van der Waals surface area contributed by atoms with Crippen molar-refractivity contribution < 1.29 is 14.3 Å². The van der Waals surface area contributed by atoms with Crippen molar-refractivity contribution in [2.45, 2.75) is 58.6 Å². The van der Waals surface area contributed by atoms with E-state index in [2.05, 4.69) is 45.9 Å². The minimum Gasteiger partial charge on any atom is -0.444 e. The van der Waals surface area contributed by atoms with E-state index < -0.39 is 11.7 Å². The number of anilines is 2. The summed E-state index contributed by atoms with van der Waals surface area (Å²) in [4.78, 5) is 27.6. The molecule has 37 heavy (non-hydrogen) atoms. The first kappa shape index (κ1) is 26.4. The molecule has 0 atom stereocenters. The smallest absolute Gasteiger partial charge is 0.412 e. The topological polar surface area (TPSA) is 88.5 Å². The van der Waals surface area contributed by atoms with Gasteiger partial charge in [0.05, 0.1) is 17.1 Å². The molecule has 0 spiro atoms. The Labute approximate surface area is 219 Å². The Hall–Kier alpha value is -3.65. The van der Waals surface area contributed by atoms with Gasteiger partial charge in [-0.25, -0.2) is 4.79 Å². The Morgan fingerprint density at radius 3 is 2.19 bits per heavy atom. The first-order chi connectivity index (χ1) is 17.6. The van der Waals surface area contributed by atoms with Crippen molar-refractivity contribution in [2.75, 3.05) is 23.7 Å². The molecule has 1 aliphatic heterocycles. The molecule has 8 heteroatoms. The van der Waals surface area contributed by atoms with E-state index in [9.17, 15) is 9.59 Å². The number of nitrogens with one attached hydrogen (secondary N) is 2. The van der Waals surface area contributed by atoms with E-state index in [1.165, 1.54) is 11.1 Å². The molecule has 196 valence electrons. The van der Waals surface area contributed by atoms with Gasteiger partial charge in [0.2, 0.25) is 0 Å².